The summed E-state index contributed by atoms with van der Waals surface area (Å²) < 4.78 is 0. The molecule has 0 atom stereocenters. The topological polar surface area (TPSA) is 29.4 Å². The van der Waals surface area contributed by atoms with Gasteiger partial charge in [-0.25, -0.2) is 17.3 Å². The predicted molar refractivity (Wildman–Crippen MR) is 24.3 cm³/mol. The Balaban J connectivity index is 2.93. The average Bonchev–Trinajstić information content (AvgIpc) is 1.41. The van der Waals surface area contributed by atoms with Gasteiger partial charge in [-0.05, 0) is 0 Å². The fraction of sp³-hybridized carbons (Fsp3) is 0. The smallest absolute Gasteiger partial charge is 0.258 e. The molecule has 0 saturated carbocycles. The van der Waals surface area contributed by atoms with Crippen molar-refractivity contribution >= 4 is 25.3 Å². The zero-order valence-corrected chi connectivity index (χ0v) is 3.40. The quantitative estimate of drug-likeness (QED) is 0.199. The van der Waals surface area contributed by atoms with E-state index in [1.54, 1.807) is 0 Å². The molecule has 0 fully saturated rings. The van der Waals surface area contributed by atoms with Gasteiger partial charge in [-0.3, -0.25) is 4.90 Å². The number of thiol groups is 1. The first kappa shape index (κ1) is 4.79. The standard InChI is InChI=1S/CH2BNOS/c4-1-3-2-5/h2,5H. The molecule has 26 valence electrons. The van der Waals surface area contributed by atoms with E-state index in [1.165, 1.54) is 6.08 Å². The van der Waals surface area contributed by atoms with Crippen LogP contribution >= 0.6 is 12.5 Å². The van der Waals surface area contributed by atoms with Gasteiger partial charge in [0.05, 0.1) is 0 Å². The summed E-state index contributed by atoms with van der Waals surface area (Å²) in [5.41, 5.74) is 0. The van der Waals surface area contributed by atoms with Crippen molar-refractivity contribution in [2.75, 3.05) is 0 Å². The van der Waals surface area contributed by atoms with Gasteiger partial charge in [0.1, 0.15) is 0 Å². The number of hydrogen-bond donors (Lipinski definition) is 1. The normalized spacial score (nSPS) is 5.00. The highest BCUT2D eigenvalue weighted by Gasteiger charge is 1.60. The maximum Gasteiger partial charge on any atom is 0.340 e. The van der Waals surface area contributed by atoms with Crippen molar-refractivity contribution in [2.45, 2.75) is 0 Å². The maximum atomic E-state index is 9.06. The number of nitrogens with zero attached hydrogens (tertiary/aromatic N) is 1. The highest BCUT2D eigenvalue weighted by atomic mass is 32.1. The number of hydrogen-bond acceptors (Lipinski definition) is 3. The minimum Gasteiger partial charge on any atom is -0.258 e. The maximum absolute atomic E-state index is 9.06. The molecule has 0 aromatic carbocycles. The zero-order chi connectivity index (χ0) is 4.12. The number of isocyanates is 1. The summed E-state index contributed by atoms with van der Waals surface area (Å²) >= 11 is 3.57. The highest BCUT2D eigenvalue weighted by molar-refractivity contribution is 8.06. The van der Waals surface area contributed by atoms with Crippen molar-refractivity contribution in [3.8, 4) is 0 Å². The van der Waals surface area contributed by atoms with Crippen molar-refractivity contribution in [1.82, 2.24) is 0 Å². The molecule has 0 aromatic rings. The van der Waals surface area contributed by atoms with Crippen LogP contribution < -0.4 is 0 Å². The summed E-state index contributed by atoms with van der Waals surface area (Å²) in [6, 6.07) is 0. The zero-order valence-electron chi connectivity index (χ0n) is 2.51. The predicted octanol–water partition coefficient (Wildman–Crippen LogP) is -0.482. The average molecular weight is 86.9 g/mol. The minimum absolute atomic E-state index is 0.240. The largest absolute Gasteiger partial charge is 0.340 e. The van der Waals surface area contributed by atoms with Crippen LogP contribution in [0.3, 0.4) is 0 Å². The van der Waals surface area contributed by atoms with Gasteiger partial charge in [-0.2, -0.15) is 0 Å². The van der Waals surface area contributed by atoms with Crippen LogP contribution in [-0.2, 0) is 4.79 Å². The Morgan fingerprint density at radius 1 is 2.00 bits per heavy atom. The van der Waals surface area contributed by atoms with Crippen LogP contribution in [0.15, 0.2) is 4.90 Å². The van der Waals surface area contributed by atoms with E-state index in [0.717, 1.165) is 0 Å². The molecule has 0 aliphatic carbocycles. The fourth-order valence-electron chi connectivity index (χ4n) is 0.0289. The Morgan fingerprint density at radius 2 is 2.60 bits per heavy atom. The third-order valence-corrected chi connectivity index (χ3v) is 0.277. The molecule has 0 heterocycles. The van der Waals surface area contributed by atoms with Crippen molar-refractivity contribution in [3.05, 3.63) is 0 Å². The molecule has 2 nitrogen and oxygen atoms in total. The molecule has 0 bridgehead atoms. The van der Waals surface area contributed by atoms with Gasteiger partial charge in [0, 0.05) is 0 Å². The SMILES string of the molecule is O=C=NBS. The van der Waals surface area contributed by atoms with Crippen LogP contribution in [-0.4, -0.2) is 12.8 Å². The lowest BCUT2D eigenvalue weighted by Gasteiger charge is -1.52. The van der Waals surface area contributed by atoms with Crippen molar-refractivity contribution in [3.63, 3.8) is 0 Å². The number of carbonyl (C=O) groups excluding carboxylic acids is 1. The first-order valence-electron chi connectivity index (χ1n) is 1.06. The van der Waals surface area contributed by atoms with E-state index < -0.39 is 0 Å². The Bertz CT molecular complexity index is 58.7. The summed E-state index contributed by atoms with van der Waals surface area (Å²) in [5.74, 6) is 0. The van der Waals surface area contributed by atoms with E-state index in [-0.39, 0.29) is 6.69 Å². The number of rotatable bonds is 1. The van der Waals surface area contributed by atoms with Gasteiger partial charge in [0.15, 0.2) is 0 Å². The molecule has 0 aliphatic rings. The molecule has 0 spiro atoms. The lowest BCUT2D eigenvalue weighted by molar-refractivity contribution is 0.566. The van der Waals surface area contributed by atoms with Gasteiger partial charge in [0.25, 0.3) is 0 Å². The van der Waals surface area contributed by atoms with Gasteiger partial charge in [-0.1, -0.05) is 0 Å². The first-order chi connectivity index (χ1) is 2.41. The van der Waals surface area contributed by atoms with Crippen molar-refractivity contribution < 1.29 is 4.79 Å². The lowest BCUT2D eigenvalue weighted by atomic mass is 10.5. The van der Waals surface area contributed by atoms with E-state index in [9.17, 15) is 0 Å². The monoisotopic (exact) mass is 87.0 g/mol. The summed E-state index contributed by atoms with van der Waals surface area (Å²) in [6.07, 6.45) is 1.32. The molecular formula is CH2BNOS. The lowest BCUT2D eigenvalue weighted by Crippen LogP contribution is -1.60. The van der Waals surface area contributed by atoms with Gasteiger partial charge in [-0.15, -0.1) is 0 Å². The summed E-state index contributed by atoms with van der Waals surface area (Å²) in [4.78, 5) is 12.1. The Labute approximate surface area is 35.9 Å². The van der Waals surface area contributed by atoms with Crippen LogP contribution in [0.1, 0.15) is 0 Å². The van der Waals surface area contributed by atoms with Crippen LogP contribution in [0.4, 0.5) is 0 Å². The molecule has 0 unspecified atom stereocenters. The Hall–Kier alpha value is -0.205. The molecule has 0 aliphatic heterocycles. The van der Waals surface area contributed by atoms with E-state index in [2.05, 4.69) is 17.4 Å². The first-order valence-corrected chi connectivity index (χ1v) is 1.69. The molecule has 0 saturated heterocycles. The third-order valence-electron chi connectivity index (χ3n) is 0.135. The highest BCUT2D eigenvalue weighted by Crippen LogP contribution is 1.59. The third kappa shape index (κ3) is 3.79. The second kappa shape index (κ2) is 3.79. The van der Waals surface area contributed by atoms with E-state index in [1.807, 2.05) is 0 Å². The molecular weight excluding hydrogens is 84.9 g/mol. The van der Waals surface area contributed by atoms with Crippen molar-refractivity contribution in [1.29, 1.82) is 0 Å². The second-order valence-electron chi connectivity index (χ2n) is 0.391. The van der Waals surface area contributed by atoms with Crippen LogP contribution in [0.2, 0.25) is 0 Å². The molecule has 0 N–H and O–H groups in total. The van der Waals surface area contributed by atoms with Gasteiger partial charge < -0.3 is 0 Å². The molecule has 4 heteroatoms. The Kier molecular flexibility index (Phi) is 3.64. The molecule has 0 aromatic heterocycles. The van der Waals surface area contributed by atoms with Crippen LogP contribution in [0, 0.1) is 0 Å². The van der Waals surface area contributed by atoms with Crippen molar-refractivity contribution in [2.24, 2.45) is 4.90 Å². The fourth-order valence-corrected chi connectivity index (χ4v) is 0.0866. The van der Waals surface area contributed by atoms with Crippen LogP contribution in [0.25, 0.3) is 0 Å². The van der Waals surface area contributed by atoms with Crippen LogP contribution in [0.5, 0.6) is 0 Å². The van der Waals surface area contributed by atoms with E-state index in [4.69, 9.17) is 4.79 Å². The minimum atomic E-state index is 0.240. The summed E-state index contributed by atoms with van der Waals surface area (Å²) in [6.45, 7) is 0.240. The molecule has 0 radical (unpaired) electrons. The summed E-state index contributed by atoms with van der Waals surface area (Å²) in [5, 5.41) is 0. The second-order valence-corrected chi connectivity index (χ2v) is 0.674. The molecule has 0 amide bonds. The molecule has 5 heavy (non-hydrogen) atoms. The van der Waals surface area contributed by atoms with E-state index in [0.29, 0.717) is 0 Å². The summed E-state index contributed by atoms with van der Waals surface area (Å²) in [7, 11) is 0. The van der Waals surface area contributed by atoms with Gasteiger partial charge in [0.2, 0.25) is 6.08 Å². The van der Waals surface area contributed by atoms with Gasteiger partial charge >= 0.3 is 6.69 Å². The molecule has 0 rings (SSSR count). The Morgan fingerprint density at radius 3 is 2.60 bits per heavy atom. The van der Waals surface area contributed by atoms with E-state index >= 15 is 0 Å².